The van der Waals surface area contributed by atoms with Crippen LogP contribution in [0.4, 0.5) is 0 Å². The Bertz CT molecular complexity index is 1560. The second kappa shape index (κ2) is 6.50. The highest BCUT2D eigenvalue weighted by Gasteiger charge is 2.11. The molecule has 0 aliphatic rings. The number of benzene rings is 3. The fourth-order valence-corrected chi connectivity index (χ4v) is 7.98. The topological polar surface area (TPSA) is 0 Å². The maximum atomic E-state index is 2.36. The van der Waals surface area contributed by atoms with Gasteiger partial charge in [0.25, 0.3) is 0 Å². The van der Waals surface area contributed by atoms with Crippen LogP contribution >= 0.6 is 45.3 Å². The lowest BCUT2D eigenvalue weighted by Crippen LogP contribution is -1.74. The molecule has 0 atom stereocenters. The molecule has 142 valence electrons. The van der Waals surface area contributed by atoms with Gasteiger partial charge in [-0.15, -0.1) is 45.3 Å². The molecule has 0 amide bonds. The van der Waals surface area contributed by atoms with Crippen LogP contribution in [0.1, 0.15) is 0 Å². The predicted molar refractivity (Wildman–Crippen MR) is 139 cm³/mol. The van der Waals surface area contributed by atoms with Gasteiger partial charge in [-0.1, -0.05) is 24.3 Å². The van der Waals surface area contributed by atoms with Crippen molar-refractivity contribution in [1.29, 1.82) is 0 Å². The summed E-state index contributed by atoms with van der Waals surface area (Å²) in [5.41, 5.74) is 2.59. The van der Waals surface area contributed by atoms with Crippen molar-refractivity contribution in [3.63, 3.8) is 0 Å². The Labute approximate surface area is 189 Å². The largest absolute Gasteiger partial charge is 0.144 e. The first-order chi connectivity index (χ1) is 14.8. The third-order valence-electron chi connectivity index (χ3n) is 5.72. The van der Waals surface area contributed by atoms with Crippen LogP contribution in [0.2, 0.25) is 0 Å². The van der Waals surface area contributed by atoms with Gasteiger partial charge in [-0.2, -0.15) is 0 Å². The van der Waals surface area contributed by atoms with Crippen molar-refractivity contribution in [3.8, 4) is 20.9 Å². The van der Waals surface area contributed by atoms with Crippen LogP contribution < -0.4 is 0 Å². The van der Waals surface area contributed by atoms with Gasteiger partial charge in [0.1, 0.15) is 0 Å². The van der Waals surface area contributed by atoms with Gasteiger partial charge in [0.05, 0.1) is 0 Å². The molecular weight excluding hydrogens is 441 g/mol. The van der Waals surface area contributed by atoms with Crippen molar-refractivity contribution in [2.75, 3.05) is 0 Å². The Kier molecular flexibility index (Phi) is 3.73. The standard InChI is InChI=1S/C26H14S4/c1-2-16(26-14-20-18-10-12-28-22(18)6-8-24(20)30-26)4-3-15(1)25-13-19-17-9-11-27-21(17)5-7-23(19)29-25/h1-14H. The van der Waals surface area contributed by atoms with Crippen molar-refractivity contribution in [3.05, 3.63) is 83.6 Å². The first-order valence-corrected chi connectivity index (χ1v) is 13.1. The van der Waals surface area contributed by atoms with Crippen molar-refractivity contribution in [2.24, 2.45) is 0 Å². The predicted octanol–water partition coefficient (Wildman–Crippen LogP) is 9.88. The average molecular weight is 455 g/mol. The molecule has 0 nitrogen and oxygen atoms in total. The zero-order valence-corrected chi connectivity index (χ0v) is 19.0. The third-order valence-corrected chi connectivity index (χ3v) is 9.78. The zero-order valence-electron chi connectivity index (χ0n) is 15.7. The number of hydrogen-bond acceptors (Lipinski definition) is 4. The molecule has 0 bridgehead atoms. The van der Waals surface area contributed by atoms with Crippen LogP contribution in [0, 0.1) is 0 Å². The highest BCUT2D eigenvalue weighted by molar-refractivity contribution is 7.23. The summed E-state index contributed by atoms with van der Waals surface area (Å²) in [5, 5.41) is 9.88. The molecule has 7 aromatic rings. The van der Waals surface area contributed by atoms with Crippen molar-refractivity contribution in [1.82, 2.24) is 0 Å². The summed E-state index contributed by atoms with van der Waals surface area (Å²) in [6.07, 6.45) is 0. The minimum atomic E-state index is 1.30. The SMILES string of the molecule is c1cc2c(ccc3sc(-c4ccc(-c5cc6c(ccc7sccc76)s5)cc4)cc32)s1. The average Bonchev–Trinajstić information content (AvgIpc) is 3.57. The third kappa shape index (κ3) is 2.55. The first kappa shape index (κ1) is 17.2. The van der Waals surface area contributed by atoms with E-state index in [0.29, 0.717) is 0 Å². The summed E-state index contributed by atoms with van der Waals surface area (Å²) in [4.78, 5) is 2.68. The van der Waals surface area contributed by atoms with E-state index in [-0.39, 0.29) is 0 Å². The molecule has 0 radical (unpaired) electrons. The van der Waals surface area contributed by atoms with Crippen LogP contribution in [0.3, 0.4) is 0 Å². The molecule has 4 heterocycles. The normalized spacial score (nSPS) is 12.0. The molecule has 0 saturated heterocycles. The monoisotopic (exact) mass is 454 g/mol. The van der Waals surface area contributed by atoms with E-state index >= 15 is 0 Å². The summed E-state index contributed by atoms with van der Waals surface area (Å²) >= 11 is 7.40. The Morgan fingerprint density at radius 1 is 0.400 bits per heavy atom. The molecule has 0 aliphatic carbocycles. The number of hydrogen-bond donors (Lipinski definition) is 0. The van der Waals surface area contributed by atoms with E-state index in [1.165, 1.54) is 61.2 Å². The fraction of sp³-hybridized carbons (Fsp3) is 0. The molecular formula is C26H14S4. The van der Waals surface area contributed by atoms with E-state index < -0.39 is 0 Å². The molecule has 0 unspecified atom stereocenters. The Balaban J connectivity index is 1.31. The molecule has 30 heavy (non-hydrogen) atoms. The van der Waals surface area contributed by atoms with Crippen LogP contribution in [0.25, 0.3) is 61.2 Å². The Morgan fingerprint density at radius 3 is 1.30 bits per heavy atom. The summed E-state index contributed by atoms with van der Waals surface area (Å²) in [6, 6.07) is 27.3. The maximum Gasteiger partial charge on any atom is 0.0356 e. The molecule has 0 saturated carbocycles. The highest BCUT2D eigenvalue weighted by atomic mass is 32.1. The van der Waals surface area contributed by atoms with Gasteiger partial charge in [-0.25, -0.2) is 0 Å². The summed E-state index contributed by atoms with van der Waals surface area (Å²) in [7, 11) is 0. The summed E-state index contributed by atoms with van der Waals surface area (Å²) < 4.78 is 5.46. The van der Waals surface area contributed by atoms with Gasteiger partial charge in [-0.05, 0) is 70.4 Å². The second-order valence-electron chi connectivity index (χ2n) is 7.42. The molecule has 0 fully saturated rings. The maximum absolute atomic E-state index is 2.36. The second-order valence-corrected chi connectivity index (χ2v) is 11.5. The minimum absolute atomic E-state index is 1.30. The smallest absolute Gasteiger partial charge is 0.0356 e. The molecule has 3 aromatic carbocycles. The molecule has 0 N–H and O–H groups in total. The first-order valence-electron chi connectivity index (χ1n) is 9.74. The summed E-state index contributed by atoms with van der Waals surface area (Å²) in [5.74, 6) is 0. The van der Waals surface area contributed by atoms with Crippen molar-refractivity contribution in [2.45, 2.75) is 0 Å². The highest BCUT2D eigenvalue weighted by Crippen LogP contribution is 2.41. The Hall–Kier alpha value is -2.50. The molecule has 4 aromatic heterocycles. The fourth-order valence-electron chi connectivity index (χ4n) is 4.21. The lowest BCUT2D eigenvalue weighted by Gasteiger charge is -2.00. The van der Waals surface area contributed by atoms with Crippen LogP contribution in [-0.4, -0.2) is 0 Å². The van der Waals surface area contributed by atoms with Crippen LogP contribution in [-0.2, 0) is 0 Å². The Morgan fingerprint density at radius 2 is 0.833 bits per heavy atom. The van der Waals surface area contributed by atoms with E-state index in [0.717, 1.165) is 0 Å². The lowest BCUT2D eigenvalue weighted by atomic mass is 10.1. The summed E-state index contributed by atoms with van der Waals surface area (Å²) in [6.45, 7) is 0. The van der Waals surface area contributed by atoms with E-state index in [1.807, 2.05) is 45.3 Å². The van der Waals surface area contributed by atoms with Crippen molar-refractivity contribution >= 4 is 85.7 Å². The van der Waals surface area contributed by atoms with Gasteiger partial charge in [0.15, 0.2) is 0 Å². The van der Waals surface area contributed by atoms with Gasteiger partial charge in [-0.3, -0.25) is 0 Å². The van der Waals surface area contributed by atoms with Gasteiger partial charge < -0.3 is 0 Å². The van der Waals surface area contributed by atoms with Crippen LogP contribution in [0.15, 0.2) is 83.6 Å². The van der Waals surface area contributed by atoms with E-state index in [4.69, 9.17) is 0 Å². The number of rotatable bonds is 2. The zero-order chi connectivity index (χ0) is 19.7. The molecule has 0 aliphatic heterocycles. The number of fused-ring (bicyclic) bond motifs is 6. The van der Waals surface area contributed by atoms with E-state index in [2.05, 4.69) is 83.6 Å². The molecule has 4 heteroatoms. The lowest BCUT2D eigenvalue weighted by molar-refractivity contribution is 1.69. The molecule has 7 rings (SSSR count). The van der Waals surface area contributed by atoms with Gasteiger partial charge >= 0.3 is 0 Å². The van der Waals surface area contributed by atoms with Crippen molar-refractivity contribution < 1.29 is 0 Å². The quantitative estimate of drug-likeness (QED) is 0.244. The van der Waals surface area contributed by atoms with Crippen LogP contribution in [0.5, 0.6) is 0 Å². The van der Waals surface area contributed by atoms with Gasteiger partial charge in [0.2, 0.25) is 0 Å². The molecule has 0 spiro atoms. The number of thiophene rings is 4. The minimum Gasteiger partial charge on any atom is -0.144 e. The van der Waals surface area contributed by atoms with E-state index in [9.17, 15) is 0 Å². The van der Waals surface area contributed by atoms with E-state index in [1.54, 1.807) is 0 Å². The van der Waals surface area contributed by atoms with Gasteiger partial charge in [0, 0.05) is 50.1 Å².